The van der Waals surface area contributed by atoms with Gasteiger partial charge in [0, 0.05) is 18.1 Å². The lowest BCUT2D eigenvalue weighted by atomic mass is 10.0. The molecule has 0 N–H and O–H groups in total. The molecule has 1 aromatic carbocycles. The van der Waals surface area contributed by atoms with Gasteiger partial charge in [-0.15, -0.1) is 0 Å². The van der Waals surface area contributed by atoms with Gasteiger partial charge in [0.05, 0.1) is 33.8 Å². The van der Waals surface area contributed by atoms with Gasteiger partial charge in [-0.05, 0) is 18.6 Å². The van der Waals surface area contributed by atoms with Crippen LogP contribution in [0.25, 0.3) is 11.4 Å². The highest BCUT2D eigenvalue weighted by Gasteiger charge is 2.27. The standard InChI is InChI=1S/C16H19N3O4/c1-21-12-6-11(7-13(8-12)22-2)15-17-14-5-4-10(16(20)23-3)9-19(14)18-15/h6-8,10H,4-5,9H2,1-3H3. The Morgan fingerprint density at radius 1 is 1.17 bits per heavy atom. The highest BCUT2D eigenvalue weighted by Crippen LogP contribution is 2.29. The summed E-state index contributed by atoms with van der Waals surface area (Å²) in [4.78, 5) is 16.3. The van der Waals surface area contributed by atoms with E-state index in [0.717, 1.165) is 17.8 Å². The number of ether oxygens (including phenoxy) is 3. The van der Waals surface area contributed by atoms with Crippen LogP contribution in [0.4, 0.5) is 0 Å². The van der Waals surface area contributed by atoms with E-state index in [9.17, 15) is 4.79 Å². The zero-order valence-corrected chi connectivity index (χ0v) is 13.4. The number of esters is 1. The quantitative estimate of drug-likeness (QED) is 0.799. The third-order valence-corrected chi connectivity index (χ3v) is 4.00. The molecule has 0 saturated carbocycles. The molecule has 3 rings (SSSR count). The summed E-state index contributed by atoms with van der Waals surface area (Å²) in [5.41, 5.74) is 0.817. The van der Waals surface area contributed by atoms with Crippen LogP contribution in [0.2, 0.25) is 0 Å². The monoisotopic (exact) mass is 317 g/mol. The Morgan fingerprint density at radius 2 is 1.87 bits per heavy atom. The maximum absolute atomic E-state index is 11.7. The number of rotatable bonds is 4. The maximum atomic E-state index is 11.7. The predicted molar refractivity (Wildman–Crippen MR) is 82.4 cm³/mol. The number of benzene rings is 1. The fourth-order valence-electron chi connectivity index (χ4n) is 2.73. The van der Waals surface area contributed by atoms with Crippen molar-refractivity contribution in [2.45, 2.75) is 19.4 Å². The molecule has 0 fully saturated rings. The van der Waals surface area contributed by atoms with Gasteiger partial charge < -0.3 is 14.2 Å². The molecular weight excluding hydrogens is 298 g/mol. The second kappa shape index (κ2) is 6.28. The van der Waals surface area contributed by atoms with Crippen LogP contribution in [-0.4, -0.2) is 42.1 Å². The molecule has 2 heterocycles. The smallest absolute Gasteiger partial charge is 0.310 e. The van der Waals surface area contributed by atoms with E-state index in [-0.39, 0.29) is 11.9 Å². The predicted octanol–water partition coefficient (Wildman–Crippen LogP) is 1.70. The number of aryl methyl sites for hydroxylation is 1. The fraction of sp³-hybridized carbons (Fsp3) is 0.438. The van der Waals surface area contributed by atoms with Gasteiger partial charge in [0.15, 0.2) is 5.82 Å². The van der Waals surface area contributed by atoms with Crippen molar-refractivity contribution in [3.8, 4) is 22.9 Å². The molecule has 122 valence electrons. The second-order valence-corrected chi connectivity index (χ2v) is 5.39. The van der Waals surface area contributed by atoms with E-state index in [0.29, 0.717) is 30.3 Å². The highest BCUT2D eigenvalue weighted by atomic mass is 16.5. The lowest BCUT2D eigenvalue weighted by molar-refractivity contribution is -0.146. The summed E-state index contributed by atoms with van der Waals surface area (Å²) in [6.45, 7) is 0.496. The zero-order chi connectivity index (χ0) is 16.4. The zero-order valence-electron chi connectivity index (χ0n) is 13.4. The molecule has 7 nitrogen and oxygen atoms in total. The molecule has 1 unspecified atom stereocenters. The van der Waals surface area contributed by atoms with Gasteiger partial charge in [0.2, 0.25) is 0 Å². The Kier molecular flexibility index (Phi) is 4.18. The number of methoxy groups -OCH3 is 3. The van der Waals surface area contributed by atoms with Crippen molar-refractivity contribution in [3.63, 3.8) is 0 Å². The summed E-state index contributed by atoms with van der Waals surface area (Å²) < 4.78 is 17.2. The molecule has 0 aliphatic carbocycles. The van der Waals surface area contributed by atoms with Crippen LogP contribution in [0, 0.1) is 5.92 Å². The number of carbonyl (C=O) groups is 1. The summed E-state index contributed by atoms with van der Waals surface area (Å²) in [6.07, 6.45) is 1.43. The Morgan fingerprint density at radius 3 is 2.48 bits per heavy atom. The first-order chi connectivity index (χ1) is 11.1. The Hall–Kier alpha value is -2.57. The second-order valence-electron chi connectivity index (χ2n) is 5.39. The number of hydrogen-bond donors (Lipinski definition) is 0. The molecule has 0 radical (unpaired) electrons. The summed E-state index contributed by atoms with van der Waals surface area (Å²) in [5, 5.41) is 4.53. The number of nitrogens with zero attached hydrogens (tertiary/aromatic N) is 3. The minimum Gasteiger partial charge on any atom is -0.497 e. The molecule has 1 aromatic heterocycles. The topological polar surface area (TPSA) is 75.5 Å². The largest absolute Gasteiger partial charge is 0.497 e. The average Bonchev–Trinajstić information content (AvgIpc) is 3.03. The van der Waals surface area contributed by atoms with Gasteiger partial charge in [-0.25, -0.2) is 9.67 Å². The van der Waals surface area contributed by atoms with Gasteiger partial charge in [0.1, 0.15) is 17.3 Å². The van der Waals surface area contributed by atoms with E-state index < -0.39 is 0 Å². The van der Waals surface area contributed by atoms with Crippen molar-refractivity contribution in [3.05, 3.63) is 24.0 Å². The lowest BCUT2D eigenvalue weighted by Crippen LogP contribution is -2.28. The third kappa shape index (κ3) is 2.99. The van der Waals surface area contributed by atoms with Crippen molar-refractivity contribution < 1.29 is 19.0 Å². The SMILES string of the molecule is COC(=O)C1CCc2nc(-c3cc(OC)cc(OC)c3)nn2C1. The third-order valence-electron chi connectivity index (χ3n) is 4.00. The summed E-state index contributed by atoms with van der Waals surface area (Å²) >= 11 is 0. The lowest BCUT2D eigenvalue weighted by Gasteiger charge is -2.19. The van der Waals surface area contributed by atoms with Gasteiger partial charge in [-0.3, -0.25) is 4.79 Å². The Bertz CT molecular complexity index is 704. The van der Waals surface area contributed by atoms with Gasteiger partial charge in [-0.1, -0.05) is 0 Å². The van der Waals surface area contributed by atoms with Crippen LogP contribution in [0.5, 0.6) is 11.5 Å². The number of fused-ring (bicyclic) bond motifs is 1. The molecule has 23 heavy (non-hydrogen) atoms. The van der Waals surface area contributed by atoms with Crippen LogP contribution < -0.4 is 9.47 Å². The van der Waals surface area contributed by atoms with Crippen molar-refractivity contribution >= 4 is 5.97 Å². The van der Waals surface area contributed by atoms with Crippen molar-refractivity contribution in [1.29, 1.82) is 0 Å². The fourth-order valence-corrected chi connectivity index (χ4v) is 2.73. The van der Waals surface area contributed by atoms with E-state index in [2.05, 4.69) is 10.1 Å². The van der Waals surface area contributed by atoms with E-state index in [1.807, 2.05) is 12.1 Å². The first kappa shape index (κ1) is 15.3. The van der Waals surface area contributed by atoms with Gasteiger partial charge in [0.25, 0.3) is 0 Å². The van der Waals surface area contributed by atoms with Crippen LogP contribution >= 0.6 is 0 Å². The molecule has 1 atom stereocenters. The van der Waals surface area contributed by atoms with Crippen molar-refractivity contribution in [1.82, 2.24) is 14.8 Å². The van der Waals surface area contributed by atoms with E-state index in [1.54, 1.807) is 25.0 Å². The first-order valence-electron chi connectivity index (χ1n) is 7.39. The van der Waals surface area contributed by atoms with E-state index in [1.165, 1.54) is 7.11 Å². The average molecular weight is 317 g/mol. The summed E-state index contributed by atoms with van der Waals surface area (Å²) in [5.74, 6) is 2.47. The molecule has 1 aliphatic heterocycles. The van der Waals surface area contributed by atoms with E-state index in [4.69, 9.17) is 14.2 Å². The molecule has 0 spiro atoms. The minimum absolute atomic E-state index is 0.165. The van der Waals surface area contributed by atoms with Gasteiger partial charge >= 0.3 is 5.97 Å². The Balaban J connectivity index is 1.92. The molecule has 0 bridgehead atoms. The molecule has 0 amide bonds. The molecule has 2 aromatic rings. The number of hydrogen-bond acceptors (Lipinski definition) is 6. The summed E-state index contributed by atoms with van der Waals surface area (Å²) in [7, 11) is 4.61. The highest BCUT2D eigenvalue weighted by molar-refractivity contribution is 5.72. The molecule has 7 heteroatoms. The summed E-state index contributed by atoms with van der Waals surface area (Å²) in [6, 6.07) is 5.52. The Labute approximate surface area is 134 Å². The van der Waals surface area contributed by atoms with E-state index >= 15 is 0 Å². The van der Waals surface area contributed by atoms with Crippen LogP contribution in [0.3, 0.4) is 0 Å². The molecular formula is C16H19N3O4. The number of aromatic nitrogens is 3. The van der Waals surface area contributed by atoms with Crippen LogP contribution in [0.15, 0.2) is 18.2 Å². The van der Waals surface area contributed by atoms with Crippen molar-refractivity contribution in [2.24, 2.45) is 5.92 Å². The van der Waals surface area contributed by atoms with Gasteiger partial charge in [-0.2, -0.15) is 5.10 Å². The molecule has 0 saturated heterocycles. The van der Waals surface area contributed by atoms with Crippen LogP contribution in [0.1, 0.15) is 12.2 Å². The normalized spacial score (nSPS) is 16.6. The van der Waals surface area contributed by atoms with Crippen molar-refractivity contribution in [2.75, 3.05) is 21.3 Å². The van der Waals surface area contributed by atoms with Crippen LogP contribution in [-0.2, 0) is 22.5 Å². The minimum atomic E-state index is -0.198. The molecule has 1 aliphatic rings. The number of carbonyl (C=O) groups excluding carboxylic acids is 1. The maximum Gasteiger partial charge on any atom is 0.310 e. The first-order valence-corrected chi connectivity index (χ1v) is 7.39.